The van der Waals surface area contributed by atoms with Gasteiger partial charge in [0.25, 0.3) is 0 Å². The van der Waals surface area contributed by atoms with Gasteiger partial charge < -0.3 is 19.9 Å². The fraction of sp³-hybridized carbons (Fsp3) is 0.538. The average molecular weight is 298 g/mol. The van der Waals surface area contributed by atoms with Gasteiger partial charge in [-0.05, 0) is 19.9 Å². The van der Waals surface area contributed by atoms with Crippen LogP contribution < -0.4 is 10.1 Å². The molecule has 1 aliphatic rings. The Hall–Kier alpha value is -1.31. The molecule has 110 valence electrons. The van der Waals surface area contributed by atoms with Crippen molar-refractivity contribution in [3.05, 3.63) is 18.3 Å². The fourth-order valence-corrected chi connectivity index (χ4v) is 2.39. The van der Waals surface area contributed by atoms with Crippen molar-refractivity contribution < 1.29 is 19.4 Å². The summed E-state index contributed by atoms with van der Waals surface area (Å²) in [5.74, 6) is 0.0385. The molecular weight excluding hydrogens is 280 g/mol. The van der Waals surface area contributed by atoms with Crippen molar-refractivity contribution in [3.8, 4) is 5.75 Å². The van der Waals surface area contributed by atoms with Crippen molar-refractivity contribution in [1.82, 2.24) is 4.98 Å². The molecule has 0 spiro atoms. The number of hydrogen-bond donors (Lipinski definition) is 2. The Morgan fingerprint density at radius 1 is 1.50 bits per heavy atom. The summed E-state index contributed by atoms with van der Waals surface area (Å²) in [6.45, 7) is 4.31. The average Bonchev–Trinajstić information content (AvgIpc) is 3.13. The number of carbonyl (C=O) groups is 1. The number of aromatic nitrogens is 1. The molecule has 1 aromatic heterocycles. The molecule has 0 aromatic carbocycles. The highest BCUT2D eigenvalue weighted by Gasteiger charge is 2.40. The number of anilines is 1. The van der Waals surface area contributed by atoms with Crippen LogP contribution in [0.1, 0.15) is 13.8 Å². The third-order valence-corrected chi connectivity index (χ3v) is 3.96. The first-order chi connectivity index (χ1) is 9.48. The monoisotopic (exact) mass is 298 g/mol. The molecule has 1 aromatic rings. The lowest BCUT2D eigenvalue weighted by atomic mass is 10.3. The molecule has 7 heteroatoms. The zero-order valence-electron chi connectivity index (χ0n) is 11.4. The Morgan fingerprint density at radius 3 is 2.95 bits per heavy atom. The molecule has 0 saturated carbocycles. The number of ether oxygens (including phenoxy) is 2. The number of amides is 1. The van der Waals surface area contributed by atoms with Crippen molar-refractivity contribution in [1.29, 1.82) is 0 Å². The van der Waals surface area contributed by atoms with E-state index in [4.69, 9.17) is 9.47 Å². The molecule has 1 saturated heterocycles. The van der Waals surface area contributed by atoms with Gasteiger partial charge >= 0.3 is 0 Å². The van der Waals surface area contributed by atoms with Gasteiger partial charge in [0.15, 0.2) is 5.79 Å². The minimum Gasteiger partial charge on any atom is -0.492 e. The van der Waals surface area contributed by atoms with Crippen LogP contribution in [0.25, 0.3) is 0 Å². The highest BCUT2D eigenvalue weighted by atomic mass is 32.2. The van der Waals surface area contributed by atoms with Crippen molar-refractivity contribution in [2.75, 3.05) is 18.5 Å². The van der Waals surface area contributed by atoms with Crippen LogP contribution in [0, 0.1) is 0 Å². The standard InChI is InChI=1S/C13H18N2O4S/c1-13(2,17)19-7-11-10(20-11)6-18-9-3-4-14-12(5-9)15-8-16/h3-5,8,10-11,17H,6-7H2,1-2H3,(H,14,15,16). The summed E-state index contributed by atoms with van der Waals surface area (Å²) in [6, 6.07) is 3.41. The molecule has 6 nitrogen and oxygen atoms in total. The number of nitrogens with zero attached hydrogens (tertiary/aromatic N) is 1. The van der Waals surface area contributed by atoms with E-state index in [9.17, 15) is 9.90 Å². The first-order valence-electron chi connectivity index (χ1n) is 6.29. The predicted octanol–water partition coefficient (Wildman–Crippen LogP) is 1.26. The van der Waals surface area contributed by atoms with Crippen LogP contribution in [0.15, 0.2) is 18.3 Å². The van der Waals surface area contributed by atoms with Gasteiger partial charge in [0.1, 0.15) is 18.2 Å². The van der Waals surface area contributed by atoms with Crippen LogP contribution in [0.2, 0.25) is 0 Å². The lowest BCUT2D eigenvalue weighted by molar-refractivity contribution is -0.174. The highest BCUT2D eigenvalue weighted by molar-refractivity contribution is 8.07. The van der Waals surface area contributed by atoms with Gasteiger partial charge in [0.2, 0.25) is 6.41 Å². The zero-order chi connectivity index (χ0) is 14.6. The largest absolute Gasteiger partial charge is 0.492 e. The third kappa shape index (κ3) is 4.99. The summed E-state index contributed by atoms with van der Waals surface area (Å²) >= 11 is 1.76. The first kappa shape index (κ1) is 15.1. The smallest absolute Gasteiger partial charge is 0.212 e. The molecular formula is C13H18N2O4S. The Labute approximate surface area is 121 Å². The van der Waals surface area contributed by atoms with Gasteiger partial charge in [0, 0.05) is 17.5 Å². The molecule has 0 radical (unpaired) electrons. The second-order valence-electron chi connectivity index (χ2n) is 4.92. The van der Waals surface area contributed by atoms with Crippen LogP contribution in [-0.2, 0) is 9.53 Å². The summed E-state index contributed by atoms with van der Waals surface area (Å²) in [6.07, 6.45) is 2.16. The Balaban J connectivity index is 1.72. The van der Waals surface area contributed by atoms with Crippen LogP contribution >= 0.6 is 11.8 Å². The van der Waals surface area contributed by atoms with Crippen LogP contribution in [0.5, 0.6) is 5.75 Å². The van der Waals surface area contributed by atoms with E-state index in [0.717, 1.165) is 0 Å². The van der Waals surface area contributed by atoms with E-state index in [2.05, 4.69) is 10.3 Å². The fourth-order valence-electron chi connectivity index (χ4n) is 1.58. The summed E-state index contributed by atoms with van der Waals surface area (Å²) in [5.41, 5.74) is 0. The SMILES string of the molecule is CC(C)(O)OCC1SC1COc1ccnc(NC=O)c1. The van der Waals surface area contributed by atoms with Gasteiger partial charge in [-0.15, -0.1) is 11.8 Å². The van der Waals surface area contributed by atoms with Crippen molar-refractivity contribution >= 4 is 24.0 Å². The molecule has 0 bridgehead atoms. The van der Waals surface area contributed by atoms with Gasteiger partial charge in [0.05, 0.1) is 11.9 Å². The molecule has 20 heavy (non-hydrogen) atoms. The second-order valence-corrected chi connectivity index (χ2v) is 6.40. The second kappa shape index (κ2) is 6.43. The maximum atomic E-state index is 10.3. The lowest BCUT2D eigenvalue weighted by Crippen LogP contribution is -2.26. The van der Waals surface area contributed by atoms with Gasteiger partial charge in [-0.25, -0.2) is 4.98 Å². The normalized spacial score (nSPS) is 21.4. The number of nitrogens with one attached hydrogen (secondary N) is 1. The molecule has 2 N–H and O–H groups in total. The predicted molar refractivity (Wildman–Crippen MR) is 76.8 cm³/mol. The molecule has 1 aliphatic heterocycles. The third-order valence-electron chi connectivity index (χ3n) is 2.64. The molecule has 1 amide bonds. The maximum Gasteiger partial charge on any atom is 0.212 e. The Kier molecular flexibility index (Phi) is 4.85. The van der Waals surface area contributed by atoms with E-state index < -0.39 is 5.79 Å². The summed E-state index contributed by atoms with van der Waals surface area (Å²) in [4.78, 5) is 14.3. The number of rotatable bonds is 8. The topological polar surface area (TPSA) is 80.7 Å². The van der Waals surface area contributed by atoms with Gasteiger partial charge in [-0.3, -0.25) is 4.79 Å². The van der Waals surface area contributed by atoms with E-state index in [1.807, 2.05) is 0 Å². The lowest BCUT2D eigenvalue weighted by Gasteiger charge is -2.17. The summed E-state index contributed by atoms with van der Waals surface area (Å²) in [5, 5.41) is 12.7. The van der Waals surface area contributed by atoms with Gasteiger partial charge in [-0.1, -0.05) is 0 Å². The zero-order valence-corrected chi connectivity index (χ0v) is 12.2. The van der Waals surface area contributed by atoms with Crippen molar-refractivity contribution in [3.63, 3.8) is 0 Å². The minimum atomic E-state index is -1.09. The van der Waals surface area contributed by atoms with Crippen molar-refractivity contribution in [2.45, 2.75) is 30.1 Å². The number of hydrogen-bond acceptors (Lipinski definition) is 6. The quantitative estimate of drug-likeness (QED) is 0.427. The molecule has 2 unspecified atom stereocenters. The number of thioether (sulfide) groups is 1. The number of aliphatic hydroxyl groups is 1. The van der Waals surface area contributed by atoms with Crippen LogP contribution in [0.3, 0.4) is 0 Å². The van der Waals surface area contributed by atoms with E-state index in [-0.39, 0.29) is 0 Å². The van der Waals surface area contributed by atoms with Crippen molar-refractivity contribution in [2.24, 2.45) is 0 Å². The molecule has 1 fully saturated rings. The number of pyridine rings is 1. The van der Waals surface area contributed by atoms with E-state index in [0.29, 0.717) is 41.7 Å². The molecule has 2 heterocycles. The number of carbonyl (C=O) groups excluding carboxylic acids is 1. The Bertz CT molecular complexity index is 464. The van der Waals surface area contributed by atoms with Gasteiger partial charge in [-0.2, -0.15) is 0 Å². The van der Waals surface area contributed by atoms with Crippen LogP contribution in [-0.4, -0.2) is 46.0 Å². The molecule has 2 rings (SSSR count). The minimum absolute atomic E-state index is 0.357. The Morgan fingerprint density at radius 2 is 2.25 bits per heavy atom. The molecule has 2 atom stereocenters. The highest BCUT2D eigenvalue weighted by Crippen LogP contribution is 2.42. The summed E-state index contributed by atoms with van der Waals surface area (Å²) in [7, 11) is 0. The van der Waals surface area contributed by atoms with E-state index >= 15 is 0 Å². The maximum absolute atomic E-state index is 10.3. The van der Waals surface area contributed by atoms with E-state index in [1.54, 1.807) is 43.9 Å². The summed E-state index contributed by atoms with van der Waals surface area (Å²) < 4.78 is 11.0. The first-order valence-corrected chi connectivity index (χ1v) is 7.23. The molecule has 0 aliphatic carbocycles. The van der Waals surface area contributed by atoms with Crippen LogP contribution in [0.4, 0.5) is 5.82 Å². The van der Waals surface area contributed by atoms with E-state index in [1.165, 1.54) is 0 Å².